The van der Waals surface area contributed by atoms with Gasteiger partial charge in [-0.3, -0.25) is 4.55 Å². The van der Waals surface area contributed by atoms with Gasteiger partial charge in [0.25, 0.3) is 0 Å². The summed E-state index contributed by atoms with van der Waals surface area (Å²) in [6, 6.07) is 0. The molecule has 0 spiro atoms. The van der Waals surface area contributed by atoms with E-state index >= 15 is 0 Å². The molecule has 4 saturated carbocycles. The molecule has 0 bridgehead atoms. The van der Waals surface area contributed by atoms with Crippen molar-refractivity contribution in [2.75, 3.05) is 0 Å². The fourth-order valence-corrected chi connectivity index (χ4v) is 10.1. The molecule has 4 rings (SSSR count). The van der Waals surface area contributed by atoms with Gasteiger partial charge in [0.05, 0.1) is 18.3 Å². The molecule has 198 valence electrons. The van der Waals surface area contributed by atoms with Crippen LogP contribution in [0.3, 0.4) is 0 Å². The van der Waals surface area contributed by atoms with Crippen molar-refractivity contribution in [3.05, 3.63) is 0 Å². The number of aliphatic hydroxyl groups is 2. The molecule has 4 aliphatic rings. The van der Waals surface area contributed by atoms with Gasteiger partial charge >= 0.3 is 10.4 Å². The Morgan fingerprint density at radius 2 is 1.56 bits per heavy atom. The highest BCUT2D eigenvalue weighted by atomic mass is 32.3. The highest BCUT2D eigenvalue weighted by Crippen LogP contribution is 2.68. The van der Waals surface area contributed by atoms with E-state index in [1.54, 1.807) is 0 Å². The van der Waals surface area contributed by atoms with Crippen LogP contribution in [-0.2, 0) is 14.6 Å². The van der Waals surface area contributed by atoms with Gasteiger partial charge in [-0.25, -0.2) is 4.18 Å². The first kappa shape index (κ1) is 26.8. The van der Waals surface area contributed by atoms with Crippen molar-refractivity contribution in [3.8, 4) is 0 Å². The fourth-order valence-electron chi connectivity index (χ4n) is 9.45. The lowest BCUT2D eigenvalue weighted by Gasteiger charge is -2.62. The average Bonchev–Trinajstić information content (AvgIpc) is 3.08. The van der Waals surface area contributed by atoms with Gasteiger partial charge in [0.15, 0.2) is 0 Å². The third kappa shape index (κ3) is 4.85. The van der Waals surface area contributed by atoms with Crippen molar-refractivity contribution >= 4 is 10.4 Å². The molecule has 0 aromatic rings. The molecule has 0 heterocycles. The minimum Gasteiger partial charge on any atom is -0.393 e. The highest BCUT2D eigenvalue weighted by Gasteiger charge is 2.62. The molecule has 0 saturated heterocycles. The monoisotopic (exact) mass is 500 g/mol. The van der Waals surface area contributed by atoms with Crippen LogP contribution in [0.2, 0.25) is 0 Å². The molecule has 3 N–H and O–H groups in total. The number of hydrogen-bond donors (Lipinski definition) is 3. The quantitative estimate of drug-likeness (QED) is 0.413. The predicted octanol–water partition coefficient (Wildman–Crippen LogP) is 5.24. The maximum absolute atomic E-state index is 11.4. The van der Waals surface area contributed by atoms with Crippen molar-refractivity contribution in [2.45, 2.75) is 117 Å². The van der Waals surface area contributed by atoms with E-state index in [0.29, 0.717) is 41.9 Å². The maximum atomic E-state index is 11.4. The fraction of sp³-hybridized carbons (Fsp3) is 1.00. The van der Waals surface area contributed by atoms with Gasteiger partial charge in [0, 0.05) is 0 Å². The second kappa shape index (κ2) is 9.59. The molecule has 6 nitrogen and oxygen atoms in total. The van der Waals surface area contributed by atoms with E-state index in [1.807, 2.05) is 13.8 Å². The zero-order valence-electron chi connectivity index (χ0n) is 21.8. The van der Waals surface area contributed by atoms with E-state index < -0.39 is 16.5 Å². The van der Waals surface area contributed by atoms with Crippen molar-refractivity contribution in [1.29, 1.82) is 0 Å². The van der Waals surface area contributed by atoms with Crippen LogP contribution < -0.4 is 0 Å². The molecule has 11 atom stereocenters. The summed E-state index contributed by atoms with van der Waals surface area (Å²) in [5.74, 6) is 2.89. The van der Waals surface area contributed by atoms with Gasteiger partial charge in [-0.1, -0.05) is 34.6 Å². The summed E-state index contributed by atoms with van der Waals surface area (Å²) >= 11 is 0. The van der Waals surface area contributed by atoms with E-state index in [9.17, 15) is 23.2 Å². The van der Waals surface area contributed by atoms with Crippen LogP contribution in [0.15, 0.2) is 0 Å². The molecule has 4 unspecified atom stereocenters. The second-order valence-corrected chi connectivity index (χ2v) is 14.4. The first-order valence-electron chi connectivity index (χ1n) is 13.8. The van der Waals surface area contributed by atoms with Gasteiger partial charge in [-0.15, -0.1) is 0 Å². The smallest absolute Gasteiger partial charge is 0.393 e. The van der Waals surface area contributed by atoms with Gasteiger partial charge < -0.3 is 10.2 Å². The summed E-state index contributed by atoms with van der Waals surface area (Å²) in [5, 5.41) is 21.7. The van der Waals surface area contributed by atoms with Crippen LogP contribution in [0, 0.1) is 52.3 Å². The van der Waals surface area contributed by atoms with Gasteiger partial charge in [-0.2, -0.15) is 8.42 Å². The Morgan fingerprint density at radius 3 is 2.21 bits per heavy atom. The molecule has 4 aliphatic carbocycles. The Labute approximate surface area is 207 Å². The van der Waals surface area contributed by atoms with Crippen molar-refractivity contribution in [1.82, 2.24) is 0 Å². The third-order valence-electron chi connectivity index (χ3n) is 11.3. The van der Waals surface area contributed by atoms with Crippen LogP contribution in [0.1, 0.15) is 98.8 Å². The van der Waals surface area contributed by atoms with Crippen LogP contribution in [0.4, 0.5) is 0 Å². The summed E-state index contributed by atoms with van der Waals surface area (Å²) in [7, 11) is -4.45. The number of aliphatic hydroxyl groups excluding tert-OH is 2. The molecular formula is C27H48O6S. The summed E-state index contributed by atoms with van der Waals surface area (Å²) in [5.41, 5.74) is 0.446. The van der Waals surface area contributed by atoms with Crippen molar-refractivity contribution in [3.63, 3.8) is 0 Å². The first-order valence-corrected chi connectivity index (χ1v) is 15.1. The lowest BCUT2D eigenvalue weighted by Crippen LogP contribution is -2.58. The van der Waals surface area contributed by atoms with Gasteiger partial charge in [-0.05, 0) is 116 Å². The Bertz CT molecular complexity index is 829. The second-order valence-electron chi connectivity index (χ2n) is 13.3. The molecule has 4 fully saturated rings. The van der Waals surface area contributed by atoms with Crippen molar-refractivity contribution < 1.29 is 27.4 Å². The maximum Gasteiger partial charge on any atom is 0.397 e. The Kier molecular flexibility index (Phi) is 7.57. The Hall–Kier alpha value is -0.210. The summed E-state index contributed by atoms with van der Waals surface area (Å²) < 4.78 is 36.7. The summed E-state index contributed by atoms with van der Waals surface area (Å²) in [6.07, 6.45) is 8.89. The normalized spacial score (nSPS) is 46.4. The van der Waals surface area contributed by atoms with E-state index in [0.717, 1.165) is 32.1 Å². The zero-order chi connectivity index (χ0) is 25.1. The molecule has 7 heteroatoms. The van der Waals surface area contributed by atoms with E-state index in [-0.39, 0.29) is 29.0 Å². The average molecular weight is 501 g/mol. The molecule has 0 aliphatic heterocycles. The Morgan fingerprint density at radius 1 is 0.912 bits per heavy atom. The van der Waals surface area contributed by atoms with Crippen LogP contribution >= 0.6 is 0 Å². The standard InChI is InChI=1S/C27H48O6S/c1-16(2)24(33-34(30,31)32)9-6-17(3)20-7-8-21-25-22(11-13-27(20,21)5)26(4)12-10-19(28)14-18(26)15-23(25)29/h16-25,28-29H,6-15H2,1-5H3,(H,30,31,32)/t17-,18-,19?,20-,21?,22?,23-,24-,25?,26+,27-/m1/s1. The van der Waals surface area contributed by atoms with Crippen LogP contribution in [0.25, 0.3) is 0 Å². The summed E-state index contributed by atoms with van der Waals surface area (Å²) in [6.45, 7) is 11.1. The minimum absolute atomic E-state index is 0.0107. The van der Waals surface area contributed by atoms with Crippen LogP contribution in [-0.4, -0.2) is 41.5 Å². The molecule has 0 amide bonds. The molecule has 0 aromatic heterocycles. The lowest BCUT2D eigenvalue weighted by molar-refractivity contribution is -0.174. The SMILES string of the molecule is CC(C)[C@@H](CC[C@@H](C)[C@H]1CCC2C3C(CC[C@@]21C)[C@@]1(C)CCC(O)C[C@@H]1C[C@H]3O)OS(=O)(=O)O. The number of rotatable bonds is 7. The van der Waals surface area contributed by atoms with Crippen LogP contribution in [0.5, 0.6) is 0 Å². The highest BCUT2D eigenvalue weighted by molar-refractivity contribution is 7.80. The van der Waals surface area contributed by atoms with E-state index in [2.05, 4.69) is 20.8 Å². The number of hydrogen-bond acceptors (Lipinski definition) is 5. The summed E-state index contributed by atoms with van der Waals surface area (Å²) in [4.78, 5) is 0. The van der Waals surface area contributed by atoms with Gasteiger partial charge in [0.2, 0.25) is 0 Å². The topological polar surface area (TPSA) is 104 Å². The Balaban J connectivity index is 1.47. The van der Waals surface area contributed by atoms with E-state index in [1.165, 1.54) is 25.7 Å². The minimum atomic E-state index is -4.45. The largest absolute Gasteiger partial charge is 0.397 e. The lowest BCUT2D eigenvalue weighted by atomic mass is 9.43. The molecule has 0 aromatic carbocycles. The number of fused-ring (bicyclic) bond motifs is 5. The van der Waals surface area contributed by atoms with Gasteiger partial charge in [0.1, 0.15) is 0 Å². The molecule has 34 heavy (non-hydrogen) atoms. The molecule has 0 radical (unpaired) electrons. The van der Waals surface area contributed by atoms with Crippen molar-refractivity contribution in [2.24, 2.45) is 52.3 Å². The first-order chi connectivity index (χ1) is 15.8. The van der Waals surface area contributed by atoms with E-state index in [4.69, 9.17) is 4.18 Å². The predicted molar refractivity (Wildman–Crippen MR) is 132 cm³/mol. The zero-order valence-corrected chi connectivity index (χ0v) is 22.6. The molecular weight excluding hydrogens is 452 g/mol. The third-order valence-corrected chi connectivity index (χ3v) is 11.8.